The lowest BCUT2D eigenvalue weighted by atomic mass is 9.92. The molecular formula is C22H22F3N3O3S. The molecular weight excluding hydrogens is 443 g/mol. The van der Waals surface area contributed by atoms with Gasteiger partial charge in [-0.2, -0.15) is 13.2 Å². The Morgan fingerprint density at radius 3 is 2.31 bits per heavy atom. The van der Waals surface area contributed by atoms with E-state index in [0.29, 0.717) is 0 Å². The lowest BCUT2D eigenvalue weighted by Gasteiger charge is -2.24. The Morgan fingerprint density at radius 1 is 1.03 bits per heavy atom. The van der Waals surface area contributed by atoms with E-state index in [-0.39, 0.29) is 28.0 Å². The maximum atomic E-state index is 13.3. The normalized spacial score (nSPS) is 12.7. The molecule has 0 unspecified atom stereocenters. The van der Waals surface area contributed by atoms with Gasteiger partial charge in [0.15, 0.2) is 0 Å². The summed E-state index contributed by atoms with van der Waals surface area (Å²) in [6.45, 7) is 4.66. The van der Waals surface area contributed by atoms with E-state index < -0.39 is 33.1 Å². The van der Waals surface area contributed by atoms with E-state index >= 15 is 0 Å². The first kappa shape index (κ1) is 23.7. The maximum absolute atomic E-state index is 13.3. The molecule has 1 amide bonds. The van der Waals surface area contributed by atoms with Crippen LogP contribution in [0, 0.1) is 12.3 Å². The number of nitrogens with one attached hydrogen (secondary N) is 2. The van der Waals surface area contributed by atoms with Gasteiger partial charge in [0.1, 0.15) is 0 Å². The van der Waals surface area contributed by atoms with Gasteiger partial charge in [0.05, 0.1) is 27.1 Å². The lowest BCUT2D eigenvalue weighted by Crippen LogP contribution is -2.41. The number of alkyl halides is 3. The van der Waals surface area contributed by atoms with Crippen molar-refractivity contribution in [3.63, 3.8) is 0 Å². The zero-order chi connectivity index (χ0) is 23.7. The van der Waals surface area contributed by atoms with E-state index in [1.165, 1.54) is 44.3 Å². The number of anilines is 1. The highest BCUT2D eigenvalue weighted by Gasteiger charge is 2.34. The molecule has 0 spiro atoms. The first-order valence-corrected chi connectivity index (χ1v) is 11.1. The van der Waals surface area contributed by atoms with Crippen LogP contribution in [-0.4, -0.2) is 25.9 Å². The van der Waals surface area contributed by atoms with Gasteiger partial charge in [-0.1, -0.05) is 23.8 Å². The third-order valence-corrected chi connectivity index (χ3v) is 6.39. The van der Waals surface area contributed by atoms with Gasteiger partial charge in [0.25, 0.3) is 0 Å². The highest BCUT2D eigenvalue weighted by atomic mass is 32.2. The van der Waals surface area contributed by atoms with Crippen LogP contribution >= 0.6 is 0 Å². The third-order valence-electron chi connectivity index (χ3n) is 4.97. The molecule has 1 heterocycles. The summed E-state index contributed by atoms with van der Waals surface area (Å²) in [5, 5.41) is 2.44. The number of carbonyl (C=O) groups excluding carboxylic acids is 1. The lowest BCUT2D eigenvalue weighted by molar-refractivity contribution is -0.136. The molecule has 0 aliphatic rings. The van der Waals surface area contributed by atoms with Crippen LogP contribution < -0.4 is 10.0 Å². The Labute approximate surface area is 183 Å². The third kappa shape index (κ3) is 5.08. The van der Waals surface area contributed by atoms with Gasteiger partial charge in [0.2, 0.25) is 15.9 Å². The number of rotatable bonds is 6. The van der Waals surface area contributed by atoms with E-state index in [9.17, 15) is 26.4 Å². The predicted molar refractivity (Wildman–Crippen MR) is 116 cm³/mol. The monoisotopic (exact) mass is 465 g/mol. The molecule has 32 heavy (non-hydrogen) atoms. The van der Waals surface area contributed by atoms with Crippen molar-refractivity contribution >= 4 is 32.5 Å². The summed E-state index contributed by atoms with van der Waals surface area (Å²) in [4.78, 5) is 16.9. The van der Waals surface area contributed by atoms with Crippen molar-refractivity contribution in [3.8, 4) is 0 Å². The fourth-order valence-electron chi connectivity index (χ4n) is 2.97. The van der Waals surface area contributed by atoms with Gasteiger partial charge in [-0.25, -0.2) is 13.1 Å². The largest absolute Gasteiger partial charge is 0.417 e. The van der Waals surface area contributed by atoms with E-state index in [2.05, 4.69) is 15.0 Å². The molecule has 1 aromatic heterocycles. The van der Waals surface area contributed by atoms with Crippen molar-refractivity contribution in [2.75, 3.05) is 11.9 Å². The first-order chi connectivity index (χ1) is 14.8. The zero-order valence-electron chi connectivity index (χ0n) is 17.6. The molecule has 10 heteroatoms. The minimum atomic E-state index is -4.57. The Bertz CT molecular complexity index is 1250. The smallest absolute Gasteiger partial charge is 0.324 e. The SMILES string of the molecule is Cc1ccc(S(=O)(=O)NCC(C)(C)C(=O)Nc2ccc(C(F)(F)F)c3cccnc23)cc1. The predicted octanol–water partition coefficient (Wildman–Crippen LogP) is 4.51. The molecule has 0 fully saturated rings. The quantitative estimate of drug-likeness (QED) is 0.561. The number of fused-ring (bicyclic) bond motifs is 1. The number of benzene rings is 2. The Balaban J connectivity index is 1.80. The molecule has 0 saturated heterocycles. The van der Waals surface area contributed by atoms with Crippen molar-refractivity contribution in [1.82, 2.24) is 9.71 Å². The van der Waals surface area contributed by atoms with Gasteiger partial charge < -0.3 is 5.32 Å². The minimum absolute atomic E-state index is 0.00767. The maximum Gasteiger partial charge on any atom is 0.417 e. The average Bonchev–Trinajstić information content (AvgIpc) is 2.72. The van der Waals surface area contributed by atoms with Gasteiger partial charge in [-0.15, -0.1) is 0 Å². The standard InChI is InChI=1S/C22H22F3N3O3S/c1-14-6-8-15(9-7-14)32(30,31)27-13-21(2,3)20(29)28-18-11-10-17(22(23,24)25)16-5-4-12-26-19(16)18/h4-12,27H,13H2,1-3H3,(H,28,29). The minimum Gasteiger partial charge on any atom is -0.324 e. The number of nitrogens with zero attached hydrogens (tertiary/aromatic N) is 1. The number of carbonyl (C=O) groups is 1. The van der Waals surface area contributed by atoms with Crippen LogP contribution in [0.2, 0.25) is 0 Å². The van der Waals surface area contributed by atoms with Gasteiger partial charge in [-0.3, -0.25) is 9.78 Å². The average molecular weight is 465 g/mol. The fraction of sp³-hybridized carbons (Fsp3) is 0.273. The number of amides is 1. The highest BCUT2D eigenvalue weighted by molar-refractivity contribution is 7.89. The Morgan fingerprint density at radius 2 is 1.69 bits per heavy atom. The highest BCUT2D eigenvalue weighted by Crippen LogP contribution is 2.37. The van der Waals surface area contributed by atoms with Crippen molar-refractivity contribution in [3.05, 3.63) is 65.9 Å². The second-order valence-electron chi connectivity index (χ2n) is 8.03. The van der Waals surface area contributed by atoms with Crippen LogP contribution in [0.15, 0.2) is 59.6 Å². The molecule has 170 valence electrons. The summed E-state index contributed by atoms with van der Waals surface area (Å²) in [6, 6.07) is 10.9. The van der Waals surface area contributed by atoms with Crippen LogP contribution in [0.3, 0.4) is 0 Å². The molecule has 2 N–H and O–H groups in total. The summed E-state index contributed by atoms with van der Waals surface area (Å²) in [5.41, 5.74) is -1.06. The van der Waals surface area contributed by atoms with Crippen LogP contribution in [0.1, 0.15) is 25.0 Å². The molecule has 0 aliphatic heterocycles. The second-order valence-corrected chi connectivity index (χ2v) is 9.80. The van der Waals surface area contributed by atoms with E-state index in [0.717, 1.165) is 17.7 Å². The van der Waals surface area contributed by atoms with Gasteiger partial charge in [0, 0.05) is 18.1 Å². The molecule has 0 atom stereocenters. The van der Waals surface area contributed by atoms with Gasteiger partial charge >= 0.3 is 6.18 Å². The molecule has 0 saturated carbocycles. The number of pyridine rings is 1. The number of aromatic nitrogens is 1. The number of halogens is 3. The van der Waals surface area contributed by atoms with E-state index in [1.54, 1.807) is 12.1 Å². The Kier molecular flexibility index (Phi) is 6.30. The topological polar surface area (TPSA) is 88.2 Å². The number of aryl methyl sites for hydroxylation is 1. The van der Waals surface area contributed by atoms with Crippen molar-refractivity contribution in [2.45, 2.75) is 31.8 Å². The van der Waals surface area contributed by atoms with Crippen molar-refractivity contribution in [1.29, 1.82) is 0 Å². The summed E-state index contributed by atoms with van der Waals surface area (Å²) in [6.07, 6.45) is -3.24. The molecule has 0 aliphatic carbocycles. The molecule has 3 aromatic rings. The molecule has 2 aromatic carbocycles. The Hall–Kier alpha value is -2.98. The fourth-order valence-corrected chi connectivity index (χ4v) is 4.18. The molecule has 0 bridgehead atoms. The van der Waals surface area contributed by atoms with Crippen molar-refractivity contribution in [2.24, 2.45) is 5.41 Å². The van der Waals surface area contributed by atoms with Crippen LogP contribution in [0.5, 0.6) is 0 Å². The van der Waals surface area contributed by atoms with Gasteiger partial charge in [-0.05, 0) is 51.1 Å². The summed E-state index contributed by atoms with van der Waals surface area (Å²) in [5.74, 6) is -0.573. The van der Waals surface area contributed by atoms with Crippen molar-refractivity contribution < 1.29 is 26.4 Å². The van der Waals surface area contributed by atoms with Crippen LogP contribution in [-0.2, 0) is 21.0 Å². The number of hydrogen-bond acceptors (Lipinski definition) is 4. The van der Waals surface area contributed by atoms with E-state index in [1.807, 2.05) is 6.92 Å². The summed E-state index contributed by atoms with van der Waals surface area (Å²) in [7, 11) is -3.84. The summed E-state index contributed by atoms with van der Waals surface area (Å²) >= 11 is 0. The molecule has 3 rings (SSSR count). The zero-order valence-corrected chi connectivity index (χ0v) is 18.4. The molecule has 0 radical (unpaired) electrons. The first-order valence-electron chi connectivity index (χ1n) is 9.64. The summed E-state index contributed by atoms with van der Waals surface area (Å²) < 4.78 is 67.3. The number of sulfonamides is 1. The van der Waals surface area contributed by atoms with Crippen LogP contribution in [0.4, 0.5) is 18.9 Å². The molecule has 6 nitrogen and oxygen atoms in total. The van der Waals surface area contributed by atoms with Crippen LogP contribution in [0.25, 0.3) is 10.9 Å². The second kappa shape index (κ2) is 8.51. The number of hydrogen-bond donors (Lipinski definition) is 2. The van der Waals surface area contributed by atoms with E-state index in [4.69, 9.17) is 0 Å².